The molecule has 10 aromatic carbocycles. The van der Waals surface area contributed by atoms with E-state index in [0.29, 0.717) is 0 Å². The molecule has 0 atom stereocenters. The monoisotopic (exact) mass is 820 g/mol. The van der Waals surface area contributed by atoms with Crippen LogP contribution in [0.15, 0.2) is 218 Å². The first-order chi connectivity index (χ1) is 31.3. The first-order valence-corrected chi connectivity index (χ1v) is 22.5. The zero-order valence-corrected chi connectivity index (χ0v) is 36.7. The summed E-state index contributed by atoms with van der Waals surface area (Å²) in [5.41, 5.74) is 19.2. The number of para-hydroxylation sites is 1. The molecule has 2 aliphatic rings. The van der Waals surface area contributed by atoms with Crippen molar-refractivity contribution in [2.45, 2.75) is 38.5 Å². The van der Waals surface area contributed by atoms with Crippen LogP contribution >= 0.6 is 0 Å². The number of hydrogen-bond acceptors (Lipinski definition) is 2. The van der Waals surface area contributed by atoms with Crippen molar-refractivity contribution in [1.82, 2.24) is 0 Å². The average Bonchev–Trinajstić information content (AvgIpc) is 3.57. The van der Waals surface area contributed by atoms with E-state index in [1.807, 2.05) is 0 Å². The minimum absolute atomic E-state index is 0.160. The SMILES string of the molecule is CC1(C)c2ccccc2-c2ccc(N(c3ccc(-c4ccccc4)cc3)c3ccc4ccccc4c3N3c4ccccc4C(C)(C)c4ccc(-c5ccc6ccccc6c5)cc43)cc21. The summed E-state index contributed by atoms with van der Waals surface area (Å²) < 4.78 is 0. The minimum Gasteiger partial charge on any atom is -0.308 e. The Balaban J connectivity index is 1.13. The van der Waals surface area contributed by atoms with E-state index in [1.54, 1.807) is 0 Å². The van der Waals surface area contributed by atoms with E-state index in [9.17, 15) is 0 Å². The van der Waals surface area contributed by atoms with Gasteiger partial charge in [0.25, 0.3) is 0 Å². The molecule has 0 saturated heterocycles. The Bertz CT molecular complexity index is 3450. The van der Waals surface area contributed by atoms with E-state index in [-0.39, 0.29) is 10.8 Å². The highest BCUT2D eigenvalue weighted by molar-refractivity contribution is 6.09. The van der Waals surface area contributed by atoms with Gasteiger partial charge >= 0.3 is 0 Å². The molecule has 0 radical (unpaired) electrons. The largest absolute Gasteiger partial charge is 0.308 e. The summed E-state index contributed by atoms with van der Waals surface area (Å²) in [5.74, 6) is 0. The van der Waals surface area contributed by atoms with E-state index in [1.165, 1.54) is 88.6 Å². The van der Waals surface area contributed by atoms with Gasteiger partial charge in [0.1, 0.15) is 0 Å². The normalized spacial score (nSPS) is 14.2. The second kappa shape index (κ2) is 14.4. The van der Waals surface area contributed by atoms with E-state index in [0.717, 1.165) is 22.7 Å². The van der Waals surface area contributed by atoms with Crippen molar-refractivity contribution in [3.05, 3.63) is 241 Å². The molecule has 0 saturated carbocycles. The van der Waals surface area contributed by atoms with Gasteiger partial charge in [-0.05, 0) is 120 Å². The Morgan fingerprint density at radius 2 is 0.906 bits per heavy atom. The number of benzene rings is 10. The van der Waals surface area contributed by atoms with E-state index in [2.05, 4.69) is 256 Å². The molecule has 64 heavy (non-hydrogen) atoms. The Morgan fingerprint density at radius 1 is 0.344 bits per heavy atom. The van der Waals surface area contributed by atoms with Gasteiger partial charge in [-0.25, -0.2) is 0 Å². The van der Waals surface area contributed by atoms with Gasteiger partial charge in [0, 0.05) is 27.6 Å². The fraction of sp³-hybridized carbons (Fsp3) is 0.0968. The van der Waals surface area contributed by atoms with Crippen LogP contribution in [0.5, 0.6) is 0 Å². The maximum Gasteiger partial charge on any atom is 0.0781 e. The molecular formula is C62H48N2. The van der Waals surface area contributed by atoms with Crippen LogP contribution in [0.1, 0.15) is 49.9 Å². The van der Waals surface area contributed by atoms with Gasteiger partial charge in [-0.2, -0.15) is 0 Å². The van der Waals surface area contributed by atoms with Crippen molar-refractivity contribution in [3.8, 4) is 33.4 Å². The molecule has 12 rings (SSSR count). The third-order valence-electron chi connectivity index (χ3n) is 14.2. The molecule has 0 amide bonds. The third-order valence-corrected chi connectivity index (χ3v) is 14.2. The molecular weight excluding hydrogens is 773 g/mol. The summed E-state index contributed by atoms with van der Waals surface area (Å²) in [7, 11) is 0. The number of hydrogen-bond donors (Lipinski definition) is 0. The third kappa shape index (κ3) is 5.86. The van der Waals surface area contributed by atoms with E-state index < -0.39 is 0 Å². The highest BCUT2D eigenvalue weighted by Gasteiger charge is 2.40. The van der Waals surface area contributed by atoms with E-state index >= 15 is 0 Å². The van der Waals surface area contributed by atoms with Gasteiger partial charge in [0.15, 0.2) is 0 Å². The van der Waals surface area contributed by atoms with E-state index in [4.69, 9.17) is 0 Å². The molecule has 2 heteroatoms. The Morgan fingerprint density at radius 3 is 1.73 bits per heavy atom. The highest BCUT2D eigenvalue weighted by atomic mass is 15.2. The second-order valence-corrected chi connectivity index (χ2v) is 18.6. The van der Waals surface area contributed by atoms with Crippen molar-refractivity contribution < 1.29 is 0 Å². The number of nitrogens with zero attached hydrogens (tertiary/aromatic N) is 2. The summed E-state index contributed by atoms with van der Waals surface area (Å²) >= 11 is 0. The molecule has 0 aromatic heterocycles. The van der Waals surface area contributed by atoms with Crippen LogP contribution in [-0.2, 0) is 10.8 Å². The zero-order chi connectivity index (χ0) is 43.2. The lowest BCUT2D eigenvalue weighted by molar-refractivity contribution is 0.632. The van der Waals surface area contributed by atoms with Crippen LogP contribution < -0.4 is 9.80 Å². The molecule has 0 spiro atoms. The van der Waals surface area contributed by atoms with Gasteiger partial charge in [-0.3, -0.25) is 0 Å². The maximum absolute atomic E-state index is 2.58. The van der Waals surface area contributed by atoms with Gasteiger partial charge < -0.3 is 9.80 Å². The topological polar surface area (TPSA) is 6.48 Å². The smallest absolute Gasteiger partial charge is 0.0781 e. The first-order valence-electron chi connectivity index (χ1n) is 22.5. The standard InChI is InChI=1S/C62H48N2/c1-61(2)53-23-13-12-22-51(53)52-35-34-49(40-56(52)61)63(48-32-28-43(29-33-48)41-16-6-5-7-17-41)58-37-31-44-19-10-11-21-50(44)60(58)64-57-25-15-14-24-54(57)62(3,4)55-36-30-47(39-59(55)64)46-27-26-42-18-8-9-20-45(42)38-46/h5-40H,1-4H3. The van der Waals surface area contributed by atoms with Crippen LogP contribution in [0, 0.1) is 0 Å². The van der Waals surface area contributed by atoms with Gasteiger partial charge in [-0.1, -0.05) is 198 Å². The molecule has 0 unspecified atom stereocenters. The first kappa shape index (κ1) is 38.0. The predicted octanol–water partition coefficient (Wildman–Crippen LogP) is 17.2. The Kier molecular flexibility index (Phi) is 8.58. The van der Waals surface area contributed by atoms with Crippen molar-refractivity contribution in [2.24, 2.45) is 0 Å². The van der Waals surface area contributed by atoms with Crippen molar-refractivity contribution in [1.29, 1.82) is 0 Å². The molecule has 0 bridgehead atoms. The fourth-order valence-electron chi connectivity index (χ4n) is 10.9. The molecule has 0 N–H and O–H groups in total. The number of rotatable bonds is 6. The molecule has 10 aromatic rings. The molecule has 1 heterocycles. The van der Waals surface area contributed by atoms with Gasteiger partial charge in [0.05, 0.1) is 22.7 Å². The number of anilines is 6. The van der Waals surface area contributed by atoms with Crippen LogP contribution in [0.3, 0.4) is 0 Å². The van der Waals surface area contributed by atoms with Crippen LogP contribution in [0.4, 0.5) is 34.1 Å². The summed E-state index contributed by atoms with van der Waals surface area (Å²) in [5, 5.41) is 4.88. The predicted molar refractivity (Wildman–Crippen MR) is 271 cm³/mol. The van der Waals surface area contributed by atoms with Gasteiger partial charge in [-0.15, -0.1) is 0 Å². The zero-order valence-electron chi connectivity index (χ0n) is 36.7. The summed E-state index contributed by atoms with van der Waals surface area (Å²) in [6.07, 6.45) is 0. The van der Waals surface area contributed by atoms with Crippen molar-refractivity contribution in [2.75, 3.05) is 9.80 Å². The molecule has 2 nitrogen and oxygen atoms in total. The van der Waals surface area contributed by atoms with Crippen LogP contribution in [0.2, 0.25) is 0 Å². The Labute approximate surface area is 376 Å². The molecule has 0 fully saturated rings. The average molecular weight is 821 g/mol. The minimum atomic E-state index is -0.247. The molecule has 1 aliphatic carbocycles. The quantitative estimate of drug-likeness (QED) is 0.165. The highest BCUT2D eigenvalue weighted by Crippen LogP contribution is 2.58. The summed E-state index contributed by atoms with van der Waals surface area (Å²) in [6, 6.07) is 81.2. The maximum atomic E-state index is 2.58. The molecule has 306 valence electrons. The van der Waals surface area contributed by atoms with Crippen LogP contribution in [0.25, 0.3) is 54.9 Å². The lowest BCUT2D eigenvalue weighted by Crippen LogP contribution is -2.31. The summed E-state index contributed by atoms with van der Waals surface area (Å²) in [4.78, 5) is 5.09. The summed E-state index contributed by atoms with van der Waals surface area (Å²) in [6.45, 7) is 9.51. The number of fused-ring (bicyclic) bond motifs is 7. The van der Waals surface area contributed by atoms with Gasteiger partial charge in [0.2, 0.25) is 0 Å². The van der Waals surface area contributed by atoms with Crippen molar-refractivity contribution >= 4 is 55.7 Å². The molecule has 1 aliphatic heterocycles. The Hall–Kier alpha value is -7.68. The lowest BCUT2D eigenvalue weighted by atomic mass is 9.73. The van der Waals surface area contributed by atoms with Crippen LogP contribution in [-0.4, -0.2) is 0 Å². The van der Waals surface area contributed by atoms with Crippen molar-refractivity contribution in [3.63, 3.8) is 0 Å². The fourth-order valence-corrected chi connectivity index (χ4v) is 10.9. The second-order valence-electron chi connectivity index (χ2n) is 18.6. The lowest BCUT2D eigenvalue weighted by Gasteiger charge is -2.44.